The molecule has 1 rings (SSSR count). The van der Waals surface area contributed by atoms with Crippen molar-refractivity contribution in [3.63, 3.8) is 0 Å². The summed E-state index contributed by atoms with van der Waals surface area (Å²) in [5.74, 6) is 0.690. The zero-order valence-corrected chi connectivity index (χ0v) is 13.8. The normalized spacial score (nSPS) is 13.1. The van der Waals surface area contributed by atoms with Gasteiger partial charge in [0.15, 0.2) is 0 Å². The third-order valence-electron chi connectivity index (χ3n) is 3.81. The molecule has 0 heterocycles. The fourth-order valence-electron chi connectivity index (χ4n) is 2.19. The van der Waals surface area contributed by atoms with Crippen LogP contribution in [0, 0.1) is 0 Å². The van der Waals surface area contributed by atoms with Gasteiger partial charge in [-0.05, 0) is 39.7 Å². The third-order valence-corrected chi connectivity index (χ3v) is 3.81. The molecule has 1 amide bonds. The second-order valence-electron chi connectivity index (χ2n) is 5.76. The molecular weight excluding hydrogens is 264 g/mol. The first kappa shape index (κ1) is 17.5. The highest BCUT2D eigenvalue weighted by Gasteiger charge is 2.31. The number of amides is 1. The number of nitrogens with one attached hydrogen (secondary N) is 1. The molecular formula is C17H28N2O2. The van der Waals surface area contributed by atoms with E-state index in [4.69, 9.17) is 10.5 Å². The van der Waals surface area contributed by atoms with Gasteiger partial charge in [-0.3, -0.25) is 4.79 Å². The van der Waals surface area contributed by atoms with Crippen LogP contribution in [0.4, 0.5) is 0 Å². The SMILES string of the molecule is CCC(N)(CC)C(=O)NC(C)c1ccccc1OC(C)C. The van der Waals surface area contributed by atoms with Crippen molar-refractivity contribution in [3.8, 4) is 5.75 Å². The highest BCUT2D eigenvalue weighted by Crippen LogP contribution is 2.26. The van der Waals surface area contributed by atoms with E-state index in [0.717, 1.165) is 11.3 Å². The summed E-state index contributed by atoms with van der Waals surface area (Å²) in [6.45, 7) is 9.79. The van der Waals surface area contributed by atoms with Gasteiger partial charge >= 0.3 is 0 Å². The smallest absolute Gasteiger partial charge is 0.240 e. The zero-order valence-electron chi connectivity index (χ0n) is 13.8. The molecule has 0 spiro atoms. The summed E-state index contributed by atoms with van der Waals surface area (Å²) in [4.78, 5) is 12.4. The van der Waals surface area contributed by atoms with Crippen molar-refractivity contribution in [1.82, 2.24) is 5.32 Å². The first-order chi connectivity index (χ1) is 9.84. The Hall–Kier alpha value is -1.55. The van der Waals surface area contributed by atoms with E-state index in [1.165, 1.54) is 0 Å². The van der Waals surface area contributed by atoms with E-state index in [-0.39, 0.29) is 18.1 Å². The Morgan fingerprint density at radius 1 is 1.24 bits per heavy atom. The Morgan fingerprint density at radius 2 is 1.81 bits per heavy atom. The van der Waals surface area contributed by atoms with Crippen LogP contribution < -0.4 is 15.8 Å². The number of hydrogen-bond donors (Lipinski definition) is 2. The first-order valence-corrected chi connectivity index (χ1v) is 7.69. The molecule has 21 heavy (non-hydrogen) atoms. The van der Waals surface area contributed by atoms with Gasteiger partial charge in [-0.2, -0.15) is 0 Å². The molecule has 4 heteroatoms. The molecule has 4 nitrogen and oxygen atoms in total. The van der Waals surface area contributed by atoms with Crippen LogP contribution in [0.2, 0.25) is 0 Å². The Labute approximate surface area is 128 Å². The quantitative estimate of drug-likeness (QED) is 0.811. The van der Waals surface area contributed by atoms with E-state index in [0.29, 0.717) is 12.8 Å². The van der Waals surface area contributed by atoms with E-state index < -0.39 is 5.54 Å². The van der Waals surface area contributed by atoms with Gasteiger partial charge in [0.05, 0.1) is 17.7 Å². The molecule has 1 aromatic carbocycles. The minimum atomic E-state index is -0.803. The van der Waals surface area contributed by atoms with Crippen molar-refractivity contribution in [1.29, 1.82) is 0 Å². The Balaban J connectivity index is 2.89. The van der Waals surface area contributed by atoms with Crippen molar-refractivity contribution in [3.05, 3.63) is 29.8 Å². The number of para-hydroxylation sites is 1. The Morgan fingerprint density at radius 3 is 2.33 bits per heavy atom. The molecule has 1 aromatic rings. The van der Waals surface area contributed by atoms with Crippen LogP contribution in [-0.2, 0) is 4.79 Å². The second-order valence-corrected chi connectivity index (χ2v) is 5.76. The number of ether oxygens (including phenoxy) is 1. The maximum atomic E-state index is 12.4. The highest BCUT2D eigenvalue weighted by atomic mass is 16.5. The number of rotatable bonds is 7. The van der Waals surface area contributed by atoms with Crippen LogP contribution >= 0.6 is 0 Å². The van der Waals surface area contributed by atoms with Crippen LogP contribution in [0.3, 0.4) is 0 Å². The maximum Gasteiger partial charge on any atom is 0.240 e. The zero-order chi connectivity index (χ0) is 16.0. The van der Waals surface area contributed by atoms with Crippen molar-refractivity contribution >= 4 is 5.91 Å². The largest absolute Gasteiger partial charge is 0.491 e. The van der Waals surface area contributed by atoms with Crippen LogP contribution in [0.5, 0.6) is 5.75 Å². The summed E-state index contributed by atoms with van der Waals surface area (Å²) in [6, 6.07) is 7.63. The van der Waals surface area contributed by atoms with Gasteiger partial charge in [0.2, 0.25) is 5.91 Å². The molecule has 0 aliphatic heterocycles. The topological polar surface area (TPSA) is 64.4 Å². The average molecular weight is 292 g/mol. The van der Waals surface area contributed by atoms with Gasteiger partial charge in [-0.1, -0.05) is 32.0 Å². The van der Waals surface area contributed by atoms with Crippen molar-refractivity contribution in [2.45, 2.75) is 65.1 Å². The summed E-state index contributed by atoms with van der Waals surface area (Å²) in [7, 11) is 0. The molecule has 118 valence electrons. The third kappa shape index (κ3) is 4.46. The van der Waals surface area contributed by atoms with Crippen LogP contribution in [0.1, 0.15) is 59.1 Å². The maximum absolute atomic E-state index is 12.4. The molecule has 0 radical (unpaired) electrons. The van der Waals surface area contributed by atoms with Crippen LogP contribution in [-0.4, -0.2) is 17.6 Å². The van der Waals surface area contributed by atoms with Gasteiger partial charge < -0.3 is 15.8 Å². The Bertz CT molecular complexity index is 468. The van der Waals surface area contributed by atoms with Crippen molar-refractivity contribution in [2.75, 3.05) is 0 Å². The molecule has 1 unspecified atom stereocenters. The number of carbonyl (C=O) groups is 1. The van der Waals surface area contributed by atoms with E-state index in [9.17, 15) is 4.79 Å². The molecule has 0 aliphatic carbocycles. The first-order valence-electron chi connectivity index (χ1n) is 7.69. The van der Waals surface area contributed by atoms with E-state index in [1.54, 1.807) is 0 Å². The lowest BCUT2D eigenvalue weighted by atomic mass is 9.92. The molecule has 0 saturated heterocycles. The summed E-state index contributed by atoms with van der Waals surface area (Å²) < 4.78 is 5.80. The lowest BCUT2D eigenvalue weighted by Gasteiger charge is -2.28. The van der Waals surface area contributed by atoms with E-state index in [2.05, 4.69) is 5.32 Å². The number of carbonyl (C=O) groups excluding carboxylic acids is 1. The molecule has 0 saturated carbocycles. The van der Waals surface area contributed by atoms with Crippen molar-refractivity contribution < 1.29 is 9.53 Å². The average Bonchev–Trinajstić information content (AvgIpc) is 2.46. The lowest BCUT2D eigenvalue weighted by Crippen LogP contribution is -2.53. The monoisotopic (exact) mass is 292 g/mol. The minimum Gasteiger partial charge on any atom is -0.491 e. The predicted molar refractivity (Wildman–Crippen MR) is 86.3 cm³/mol. The number of hydrogen-bond acceptors (Lipinski definition) is 3. The highest BCUT2D eigenvalue weighted by molar-refractivity contribution is 5.86. The van der Waals surface area contributed by atoms with Crippen molar-refractivity contribution in [2.24, 2.45) is 5.73 Å². The predicted octanol–water partition coefficient (Wildman–Crippen LogP) is 3.17. The fourth-order valence-corrected chi connectivity index (χ4v) is 2.19. The summed E-state index contributed by atoms with van der Waals surface area (Å²) in [6.07, 6.45) is 1.33. The molecule has 3 N–H and O–H groups in total. The number of nitrogens with two attached hydrogens (primary N) is 1. The van der Waals surface area contributed by atoms with Gasteiger partial charge in [-0.25, -0.2) is 0 Å². The van der Waals surface area contributed by atoms with Gasteiger partial charge in [0, 0.05) is 5.56 Å². The van der Waals surface area contributed by atoms with Crippen LogP contribution in [0.15, 0.2) is 24.3 Å². The summed E-state index contributed by atoms with van der Waals surface area (Å²) in [5.41, 5.74) is 6.31. The Kier molecular flexibility index (Phi) is 6.21. The second kappa shape index (κ2) is 7.46. The van der Waals surface area contributed by atoms with E-state index >= 15 is 0 Å². The van der Waals surface area contributed by atoms with Gasteiger partial charge in [-0.15, -0.1) is 0 Å². The molecule has 0 bridgehead atoms. The molecule has 0 fully saturated rings. The summed E-state index contributed by atoms with van der Waals surface area (Å²) in [5, 5.41) is 3.01. The molecule has 0 aromatic heterocycles. The number of benzene rings is 1. The van der Waals surface area contributed by atoms with Gasteiger partial charge in [0.25, 0.3) is 0 Å². The van der Waals surface area contributed by atoms with E-state index in [1.807, 2.05) is 58.9 Å². The summed E-state index contributed by atoms with van der Waals surface area (Å²) >= 11 is 0. The fraction of sp³-hybridized carbons (Fsp3) is 0.588. The van der Waals surface area contributed by atoms with Crippen LogP contribution in [0.25, 0.3) is 0 Å². The minimum absolute atomic E-state index is 0.0916. The van der Waals surface area contributed by atoms with Gasteiger partial charge in [0.1, 0.15) is 5.75 Å². The lowest BCUT2D eigenvalue weighted by molar-refractivity contribution is -0.127. The standard InChI is InChI=1S/C17H28N2O2/c1-6-17(18,7-2)16(20)19-13(5)14-10-8-9-11-15(14)21-12(3)4/h8-13H,6-7,18H2,1-5H3,(H,19,20). The molecule has 1 atom stereocenters. The molecule has 0 aliphatic rings.